The van der Waals surface area contributed by atoms with Crippen LogP contribution in [0.4, 0.5) is 10.1 Å². The number of imide groups is 1. The first-order valence-corrected chi connectivity index (χ1v) is 31.4. The lowest BCUT2D eigenvalue weighted by atomic mass is 9.86. The van der Waals surface area contributed by atoms with Crippen molar-refractivity contribution in [2.75, 3.05) is 176 Å². The summed E-state index contributed by atoms with van der Waals surface area (Å²) in [4.78, 5) is 134. The molecule has 35 heteroatoms. The second kappa shape index (κ2) is 35.3. The fraction of sp³-hybridized carbons (Fsp3) is 0.569. The van der Waals surface area contributed by atoms with Crippen LogP contribution in [0.5, 0.6) is 5.75 Å². The van der Waals surface area contributed by atoms with Crippen LogP contribution in [0.1, 0.15) is 42.0 Å². The second-order valence-corrected chi connectivity index (χ2v) is 23.1. The van der Waals surface area contributed by atoms with Crippen LogP contribution in [0.15, 0.2) is 29.1 Å². The highest BCUT2D eigenvalue weighted by Crippen LogP contribution is 2.47. The number of nitrogens with zero attached hydrogens (tertiary/aromatic N) is 5. The van der Waals surface area contributed by atoms with Gasteiger partial charge in [0.15, 0.2) is 23.9 Å². The van der Waals surface area contributed by atoms with Gasteiger partial charge >= 0.3 is 5.97 Å². The molecule has 6 heterocycles. The number of halogens is 1. The second-order valence-electron chi connectivity index (χ2n) is 21.0. The Bertz CT molecular complexity index is 3430. The summed E-state index contributed by atoms with van der Waals surface area (Å²) in [6, 6.07) is 2.64. The van der Waals surface area contributed by atoms with E-state index in [0.717, 1.165) is 32.3 Å². The number of aryl methyl sites for hydroxylation is 1. The maximum absolute atomic E-state index is 15.7. The van der Waals surface area contributed by atoms with Gasteiger partial charge in [0.2, 0.25) is 45.5 Å². The number of anilines is 1. The molecular weight excluding hydrogens is 1260 g/mol. The highest BCUT2D eigenvalue weighted by Gasteiger charge is 2.46. The summed E-state index contributed by atoms with van der Waals surface area (Å²) in [5, 5.41) is 23.0. The molecule has 510 valence electrons. The Morgan fingerprint density at radius 2 is 1.17 bits per heavy atom. The summed E-state index contributed by atoms with van der Waals surface area (Å²) in [6.07, 6.45) is 1.57. The molecule has 0 fully saturated rings. The monoisotopic (exact) mass is 1330 g/mol. The first kappa shape index (κ1) is 72.5. The van der Waals surface area contributed by atoms with Gasteiger partial charge in [0, 0.05) is 67.9 Å². The lowest BCUT2D eigenvalue weighted by Crippen LogP contribution is -2.47. The average molecular weight is 1330 g/mol. The van der Waals surface area contributed by atoms with Crippen molar-refractivity contribution < 1.29 is 108 Å². The van der Waals surface area contributed by atoms with Crippen LogP contribution in [0.3, 0.4) is 0 Å². The summed E-state index contributed by atoms with van der Waals surface area (Å²) in [5.41, 5.74) is -0.537. The molecule has 4 aliphatic heterocycles. The van der Waals surface area contributed by atoms with Gasteiger partial charge in [-0.25, -0.2) is 22.6 Å². The third kappa shape index (κ3) is 19.8. The summed E-state index contributed by atoms with van der Waals surface area (Å²) in [7, 11) is -2.53. The van der Waals surface area contributed by atoms with E-state index in [1.54, 1.807) is 21.0 Å². The number of ether oxygens (including phenoxy) is 10. The van der Waals surface area contributed by atoms with Crippen molar-refractivity contribution in [3.05, 3.63) is 62.7 Å². The standard InChI is InChI=1S/C58H77FN10O23S/c1-4-58(80)40-27-43-53-38(34-68(43)56(78)39(40)35-91-57(58)79)37(2)52-42(65-53)28-41(59)55-54(52)69(36-92-55)51(77)33-64-48(74)32-63-47(73)31-62-46(72)30-61-45(71)29-60-44(70)7-8-66(9-10-67-49(75)5-6-50(67)76)93(81,82)26-25-90-24-23-89-22-21-88-20-19-87-18-17-86-16-15-85-14-13-84-12-11-83-3/h5-6,27-28,80H,4,7-26,29-36H2,1-3H3,(H,60,70)(H,61,71)(H,62,72)(H,63,73)(H,64,74)/t58-/m0/s1. The predicted octanol–water partition coefficient (Wildman–Crippen LogP) is -3.50. The van der Waals surface area contributed by atoms with Crippen molar-refractivity contribution >= 4 is 79.8 Å². The maximum atomic E-state index is 15.7. The van der Waals surface area contributed by atoms with E-state index < -0.39 is 138 Å². The largest absolute Gasteiger partial charge is 0.467 e. The van der Waals surface area contributed by atoms with Gasteiger partial charge in [0.1, 0.15) is 12.3 Å². The highest BCUT2D eigenvalue weighted by molar-refractivity contribution is 7.89. The van der Waals surface area contributed by atoms with Crippen molar-refractivity contribution in [1.82, 2.24) is 45.3 Å². The molecule has 0 bridgehead atoms. The third-order valence-corrected chi connectivity index (χ3v) is 16.7. The summed E-state index contributed by atoms with van der Waals surface area (Å²) in [5.74, 6) is -8.58. The number of benzene rings is 1. The molecular formula is C58H77FN10O23S. The molecule has 4 aliphatic rings. The molecule has 2 aromatic heterocycles. The van der Waals surface area contributed by atoms with E-state index in [0.29, 0.717) is 94.0 Å². The van der Waals surface area contributed by atoms with E-state index in [1.165, 1.54) is 10.6 Å². The summed E-state index contributed by atoms with van der Waals surface area (Å²) < 4.78 is 98.4. The number of pyridine rings is 2. The van der Waals surface area contributed by atoms with E-state index in [9.17, 15) is 61.5 Å². The number of fused-ring (bicyclic) bond motifs is 7. The third-order valence-electron chi connectivity index (χ3n) is 14.9. The molecule has 93 heavy (non-hydrogen) atoms. The normalized spacial score (nSPS) is 15.4. The van der Waals surface area contributed by atoms with E-state index in [4.69, 9.17) is 52.4 Å². The molecule has 33 nitrogen and oxygen atoms in total. The highest BCUT2D eigenvalue weighted by atomic mass is 32.2. The van der Waals surface area contributed by atoms with Crippen molar-refractivity contribution in [3.8, 4) is 17.1 Å². The molecule has 0 unspecified atom stereocenters. The van der Waals surface area contributed by atoms with E-state index in [-0.39, 0.29) is 93.8 Å². The number of aliphatic hydroxyl groups is 1. The summed E-state index contributed by atoms with van der Waals surface area (Å²) in [6.45, 7) is 3.12. The number of carbonyl (C=O) groups is 9. The van der Waals surface area contributed by atoms with Gasteiger partial charge in [-0.15, -0.1) is 0 Å². The lowest BCUT2D eigenvalue weighted by molar-refractivity contribution is -0.172. The topological polar surface area (TPSA) is 405 Å². The van der Waals surface area contributed by atoms with Crippen LogP contribution in [0, 0.1) is 12.7 Å². The van der Waals surface area contributed by atoms with Gasteiger partial charge in [-0.2, -0.15) is 4.31 Å². The molecule has 0 aliphatic carbocycles. The van der Waals surface area contributed by atoms with Gasteiger partial charge < -0.3 is 83.6 Å². The number of nitrogens with one attached hydrogen (secondary N) is 5. The zero-order valence-corrected chi connectivity index (χ0v) is 52.6. The van der Waals surface area contributed by atoms with Gasteiger partial charge in [-0.1, -0.05) is 6.92 Å². The maximum Gasteiger partial charge on any atom is 0.343 e. The minimum absolute atomic E-state index is 0.0225. The van der Waals surface area contributed by atoms with Crippen molar-refractivity contribution in [3.63, 3.8) is 0 Å². The van der Waals surface area contributed by atoms with Gasteiger partial charge in [-0.05, 0) is 25.0 Å². The Morgan fingerprint density at radius 1 is 0.677 bits per heavy atom. The molecule has 6 N–H and O–H groups in total. The molecule has 1 aromatic carbocycles. The first-order chi connectivity index (χ1) is 44.7. The molecule has 8 amide bonds. The molecule has 0 saturated carbocycles. The van der Waals surface area contributed by atoms with Crippen LogP contribution in [-0.4, -0.2) is 257 Å². The number of sulfonamides is 1. The number of methoxy groups -OCH3 is 1. The predicted molar refractivity (Wildman–Crippen MR) is 321 cm³/mol. The molecule has 0 saturated heterocycles. The Kier molecular flexibility index (Phi) is 27.5. The van der Waals surface area contributed by atoms with E-state index in [2.05, 4.69) is 26.6 Å². The fourth-order valence-electron chi connectivity index (χ4n) is 9.84. The smallest absolute Gasteiger partial charge is 0.343 e. The van der Waals surface area contributed by atoms with Crippen molar-refractivity contribution in [1.29, 1.82) is 0 Å². The number of cyclic esters (lactones) is 1. The number of hydrogen-bond donors (Lipinski definition) is 6. The van der Waals surface area contributed by atoms with Gasteiger partial charge in [-0.3, -0.25) is 53.0 Å². The SMILES string of the molecule is CC[C@@]1(O)C(=O)OCc2c1cc1n(c2=O)Cc2c-1nc1cc(F)c3c(c1c2C)N(C(=O)CNC(=O)CNC(=O)CNC(=O)CNC(=O)CNC(=O)CCN(CCN1C(=O)C=CC1=O)S(=O)(=O)CCOCCOCCOCCOCCOCCOCCOCCOC)CO3. The minimum atomic E-state index is -4.13. The van der Waals surface area contributed by atoms with Crippen LogP contribution in [-0.2, 0) is 115 Å². The number of aromatic nitrogens is 2. The van der Waals surface area contributed by atoms with Crippen LogP contribution in [0.2, 0.25) is 0 Å². The van der Waals surface area contributed by atoms with Crippen molar-refractivity contribution in [2.24, 2.45) is 0 Å². The number of amides is 8. The number of esters is 1. The Labute approximate surface area is 533 Å². The number of hydrogen-bond acceptors (Lipinski definition) is 24. The minimum Gasteiger partial charge on any atom is -0.467 e. The van der Waals surface area contributed by atoms with Gasteiger partial charge in [0.05, 0.1) is 167 Å². The zero-order valence-electron chi connectivity index (χ0n) is 51.8. The Balaban J connectivity index is 0.749. The number of rotatable bonds is 42. The quantitative estimate of drug-likeness (QED) is 0.0142. The van der Waals surface area contributed by atoms with Gasteiger partial charge in [0.25, 0.3) is 17.4 Å². The fourth-order valence-corrected chi connectivity index (χ4v) is 11.2. The molecule has 0 spiro atoms. The Hall–Kier alpha value is -7.97. The van der Waals surface area contributed by atoms with Crippen LogP contribution in [0.25, 0.3) is 22.3 Å². The zero-order chi connectivity index (χ0) is 67.1. The molecule has 1 atom stereocenters. The van der Waals surface area contributed by atoms with Crippen LogP contribution < -0.4 is 41.8 Å². The average Bonchev–Trinajstić information content (AvgIpc) is 1.61. The van der Waals surface area contributed by atoms with E-state index in [1.807, 2.05) is 0 Å². The van der Waals surface area contributed by atoms with E-state index >= 15 is 4.39 Å². The van der Waals surface area contributed by atoms with Crippen molar-refractivity contribution in [2.45, 2.75) is 45.4 Å². The first-order valence-electron chi connectivity index (χ1n) is 29.8. The Morgan fingerprint density at radius 3 is 1.69 bits per heavy atom. The number of carbonyl (C=O) groups excluding carboxylic acids is 9. The summed E-state index contributed by atoms with van der Waals surface area (Å²) >= 11 is 0. The molecule has 0 radical (unpaired) electrons. The molecule has 3 aromatic rings. The molecule has 7 rings (SSSR count). The lowest BCUT2D eigenvalue weighted by Gasteiger charge is -2.31. The van der Waals surface area contributed by atoms with Crippen LogP contribution >= 0.6 is 0 Å².